The topological polar surface area (TPSA) is 41.3 Å². The van der Waals surface area contributed by atoms with Crippen molar-refractivity contribution in [2.24, 2.45) is 5.92 Å². The molecule has 0 saturated heterocycles. The molecule has 0 atom stereocenters. The summed E-state index contributed by atoms with van der Waals surface area (Å²) in [7, 11) is 2.16. The van der Waals surface area contributed by atoms with Crippen LogP contribution < -0.4 is 5.32 Å². The minimum atomic E-state index is 0.478. The van der Waals surface area contributed by atoms with Gasteiger partial charge in [-0.25, -0.2) is 0 Å². The standard InChI is InChI=1S/C14H25N3O/c1-11(2)15-8-13-7-14(18-16-13)10-17(3)9-12-5-4-6-12/h7,11-12,15H,4-6,8-10H2,1-3H3. The van der Waals surface area contributed by atoms with Gasteiger partial charge in [-0.3, -0.25) is 4.90 Å². The van der Waals surface area contributed by atoms with Crippen LogP contribution >= 0.6 is 0 Å². The van der Waals surface area contributed by atoms with E-state index in [2.05, 4.69) is 42.3 Å². The van der Waals surface area contributed by atoms with Crippen molar-refractivity contribution in [2.75, 3.05) is 13.6 Å². The average molecular weight is 251 g/mol. The largest absolute Gasteiger partial charge is 0.360 e. The van der Waals surface area contributed by atoms with E-state index in [4.69, 9.17) is 4.52 Å². The second-order valence-corrected chi connectivity index (χ2v) is 5.81. The van der Waals surface area contributed by atoms with Gasteiger partial charge in [0.05, 0.1) is 12.2 Å². The molecule has 0 bridgehead atoms. The molecule has 0 unspecified atom stereocenters. The van der Waals surface area contributed by atoms with Gasteiger partial charge in [0.1, 0.15) is 0 Å². The molecule has 1 heterocycles. The minimum absolute atomic E-state index is 0.478. The van der Waals surface area contributed by atoms with Gasteiger partial charge in [-0.2, -0.15) is 0 Å². The van der Waals surface area contributed by atoms with Gasteiger partial charge >= 0.3 is 0 Å². The van der Waals surface area contributed by atoms with E-state index >= 15 is 0 Å². The van der Waals surface area contributed by atoms with Crippen LogP contribution in [0, 0.1) is 5.92 Å². The summed E-state index contributed by atoms with van der Waals surface area (Å²) in [5.74, 6) is 1.87. The molecule has 1 N–H and O–H groups in total. The summed E-state index contributed by atoms with van der Waals surface area (Å²) in [6, 6.07) is 2.54. The van der Waals surface area contributed by atoms with Crippen molar-refractivity contribution >= 4 is 0 Å². The third-order valence-corrected chi connectivity index (χ3v) is 3.52. The van der Waals surface area contributed by atoms with Crippen LogP contribution in [-0.4, -0.2) is 29.7 Å². The zero-order chi connectivity index (χ0) is 13.0. The van der Waals surface area contributed by atoms with Gasteiger partial charge in [0.2, 0.25) is 0 Å². The third kappa shape index (κ3) is 4.10. The summed E-state index contributed by atoms with van der Waals surface area (Å²) in [6.07, 6.45) is 4.19. The highest BCUT2D eigenvalue weighted by Crippen LogP contribution is 2.27. The number of hydrogen-bond acceptors (Lipinski definition) is 4. The van der Waals surface area contributed by atoms with Gasteiger partial charge in [-0.05, 0) is 25.8 Å². The van der Waals surface area contributed by atoms with Crippen molar-refractivity contribution in [1.82, 2.24) is 15.4 Å². The Balaban J connectivity index is 1.74. The smallest absolute Gasteiger partial charge is 0.151 e. The van der Waals surface area contributed by atoms with Crippen molar-refractivity contribution in [3.8, 4) is 0 Å². The lowest BCUT2D eigenvalue weighted by Crippen LogP contribution is -2.28. The zero-order valence-corrected chi connectivity index (χ0v) is 11.8. The molecule has 0 spiro atoms. The summed E-state index contributed by atoms with van der Waals surface area (Å²) >= 11 is 0. The Morgan fingerprint density at radius 3 is 2.89 bits per heavy atom. The molecular formula is C14H25N3O. The van der Waals surface area contributed by atoms with Crippen LogP contribution in [0.15, 0.2) is 10.6 Å². The van der Waals surface area contributed by atoms with Crippen molar-refractivity contribution in [3.05, 3.63) is 17.5 Å². The molecule has 1 aromatic heterocycles. The van der Waals surface area contributed by atoms with Gasteiger partial charge < -0.3 is 9.84 Å². The summed E-state index contributed by atoms with van der Waals surface area (Å²) in [5.41, 5.74) is 0.996. The van der Waals surface area contributed by atoms with E-state index in [0.717, 1.165) is 30.5 Å². The number of hydrogen-bond donors (Lipinski definition) is 1. The fourth-order valence-corrected chi connectivity index (χ4v) is 2.27. The van der Waals surface area contributed by atoms with Crippen LogP contribution in [0.4, 0.5) is 0 Å². The van der Waals surface area contributed by atoms with Crippen LogP contribution in [0.5, 0.6) is 0 Å². The quantitative estimate of drug-likeness (QED) is 0.808. The third-order valence-electron chi connectivity index (χ3n) is 3.52. The van der Waals surface area contributed by atoms with Gasteiger partial charge in [0.25, 0.3) is 0 Å². The van der Waals surface area contributed by atoms with E-state index in [1.165, 1.54) is 25.8 Å². The van der Waals surface area contributed by atoms with Gasteiger partial charge in [-0.1, -0.05) is 25.4 Å². The maximum absolute atomic E-state index is 5.37. The molecule has 1 saturated carbocycles. The number of rotatable bonds is 7. The molecule has 1 fully saturated rings. The van der Waals surface area contributed by atoms with Crippen LogP contribution in [0.1, 0.15) is 44.6 Å². The first-order valence-electron chi connectivity index (χ1n) is 7.00. The fourth-order valence-electron chi connectivity index (χ4n) is 2.27. The van der Waals surface area contributed by atoms with Crippen molar-refractivity contribution in [3.63, 3.8) is 0 Å². The molecule has 2 rings (SSSR count). The molecule has 0 aliphatic heterocycles. The summed E-state index contributed by atoms with van der Waals surface area (Å²) < 4.78 is 5.37. The second kappa shape index (κ2) is 6.34. The first-order valence-corrected chi connectivity index (χ1v) is 7.00. The van der Waals surface area contributed by atoms with Crippen LogP contribution in [0.2, 0.25) is 0 Å². The van der Waals surface area contributed by atoms with E-state index < -0.39 is 0 Å². The van der Waals surface area contributed by atoms with E-state index in [0.29, 0.717) is 6.04 Å². The molecule has 0 radical (unpaired) electrons. The monoisotopic (exact) mass is 251 g/mol. The lowest BCUT2D eigenvalue weighted by molar-refractivity contribution is 0.186. The Labute approximate surface area is 110 Å². The molecule has 4 nitrogen and oxygen atoms in total. The summed E-state index contributed by atoms with van der Waals surface area (Å²) in [6.45, 7) is 7.10. The number of nitrogens with zero attached hydrogens (tertiary/aromatic N) is 2. The van der Waals surface area contributed by atoms with E-state index in [9.17, 15) is 0 Å². The summed E-state index contributed by atoms with van der Waals surface area (Å²) in [4.78, 5) is 2.34. The lowest BCUT2D eigenvalue weighted by Gasteiger charge is -2.29. The number of aromatic nitrogens is 1. The highest BCUT2D eigenvalue weighted by Gasteiger charge is 2.19. The van der Waals surface area contributed by atoms with Crippen molar-refractivity contribution in [1.29, 1.82) is 0 Å². The van der Waals surface area contributed by atoms with Crippen molar-refractivity contribution < 1.29 is 4.52 Å². The predicted molar refractivity (Wildman–Crippen MR) is 72.2 cm³/mol. The Morgan fingerprint density at radius 1 is 1.50 bits per heavy atom. The highest BCUT2D eigenvalue weighted by atomic mass is 16.5. The minimum Gasteiger partial charge on any atom is -0.360 e. The van der Waals surface area contributed by atoms with E-state index in [1.807, 2.05) is 0 Å². The van der Waals surface area contributed by atoms with Gasteiger partial charge in [-0.15, -0.1) is 0 Å². The molecule has 4 heteroatoms. The molecule has 0 aromatic carbocycles. The second-order valence-electron chi connectivity index (χ2n) is 5.81. The van der Waals surface area contributed by atoms with Gasteiger partial charge in [0.15, 0.2) is 5.76 Å². The Bertz CT molecular complexity index is 358. The number of nitrogens with one attached hydrogen (secondary N) is 1. The first-order chi connectivity index (χ1) is 8.63. The molecule has 1 aliphatic carbocycles. The lowest BCUT2D eigenvalue weighted by atomic mass is 9.85. The molecule has 102 valence electrons. The first kappa shape index (κ1) is 13.6. The molecular weight excluding hydrogens is 226 g/mol. The zero-order valence-electron chi connectivity index (χ0n) is 11.8. The Morgan fingerprint density at radius 2 is 2.28 bits per heavy atom. The maximum atomic E-state index is 5.37. The molecule has 1 aromatic rings. The Hall–Kier alpha value is -0.870. The highest BCUT2D eigenvalue weighted by molar-refractivity contribution is 5.05. The Kier molecular flexibility index (Phi) is 4.78. The van der Waals surface area contributed by atoms with Gasteiger partial charge in [0, 0.05) is 25.2 Å². The van der Waals surface area contributed by atoms with E-state index in [-0.39, 0.29) is 0 Å². The summed E-state index contributed by atoms with van der Waals surface area (Å²) in [5, 5.41) is 7.43. The van der Waals surface area contributed by atoms with Crippen LogP contribution in [-0.2, 0) is 13.1 Å². The van der Waals surface area contributed by atoms with E-state index in [1.54, 1.807) is 0 Å². The predicted octanol–water partition coefficient (Wildman–Crippen LogP) is 2.40. The molecule has 1 aliphatic rings. The fraction of sp³-hybridized carbons (Fsp3) is 0.786. The molecule has 0 amide bonds. The molecule has 18 heavy (non-hydrogen) atoms. The maximum Gasteiger partial charge on any atom is 0.151 e. The van der Waals surface area contributed by atoms with Crippen LogP contribution in [0.3, 0.4) is 0 Å². The average Bonchev–Trinajstić information content (AvgIpc) is 2.68. The van der Waals surface area contributed by atoms with Crippen LogP contribution in [0.25, 0.3) is 0 Å². The van der Waals surface area contributed by atoms with Crippen molar-refractivity contribution in [2.45, 2.75) is 52.2 Å². The SMILES string of the molecule is CC(C)NCc1cc(CN(C)CC2CCC2)on1. The normalized spacial score (nSPS) is 16.5.